The average molecular weight is 455 g/mol. The summed E-state index contributed by atoms with van der Waals surface area (Å²) in [6.07, 6.45) is 0. The topological polar surface area (TPSA) is 78.3 Å². The Balaban J connectivity index is 1.65. The minimum absolute atomic E-state index is 0.0318. The van der Waals surface area contributed by atoms with E-state index in [1.54, 1.807) is 7.11 Å². The highest BCUT2D eigenvalue weighted by Crippen LogP contribution is 2.29. The Morgan fingerprint density at radius 2 is 1.97 bits per heavy atom. The van der Waals surface area contributed by atoms with Gasteiger partial charge in [-0.1, -0.05) is 23.4 Å². The smallest absolute Gasteiger partial charge is 0.387 e. The molecule has 0 aliphatic heterocycles. The standard InChI is InChI=1S/C19H17ClF2N4O3S/c1-11-24-25-19(26(11)13-4-6-14(28-2)7-5-13)30-10-17(27)23-12-3-8-16(15(20)9-12)29-18(21)22/h3-9,18H,10H2,1-2H3,(H,23,27). The first kappa shape index (κ1) is 21.8. The van der Waals surface area contributed by atoms with Crippen LogP contribution < -0.4 is 14.8 Å². The molecule has 0 saturated heterocycles. The Morgan fingerprint density at radius 1 is 1.23 bits per heavy atom. The van der Waals surface area contributed by atoms with Crippen molar-refractivity contribution in [3.05, 3.63) is 53.3 Å². The zero-order valence-electron chi connectivity index (χ0n) is 15.9. The van der Waals surface area contributed by atoms with E-state index < -0.39 is 6.61 Å². The van der Waals surface area contributed by atoms with Crippen molar-refractivity contribution < 1.29 is 23.0 Å². The van der Waals surface area contributed by atoms with Crippen molar-refractivity contribution in [3.8, 4) is 17.2 Å². The molecule has 0 fully saturated rings. The van der Waals surface area contributed by atoms with Crippen LogP contribution in [-0.2, 0) is 4.79 Å². The van der Waals surface area contributed by atoms with Crippen LogP contribution in [0, 0.1) is 6.92 Å². The summed E-state index contributed by atoms with van der Waals surface area (Å²) in [5.74, 6) is 0.968. The number of halogens is 3. The Bertz CT molecular complexity index is 1030. The summed E-state index contributed by atoms with van der Waals surface area (Å²) in [5, 5.41) is 11.4. The third-order valence-electron chi connectivity index (χ3n) is 3.89. The molecule has 0 aliphatic carbocycles. The summed E-state index contributed by atoms with van der Waals surface area (Å²) in [4.78, 5) is 12.3. The highest BCUT2D eigenvalue weighted by molar-refractivity contribution is 7.99. The second-order valence-electron chi connectivity index (χ2n) is 5.92. The molecule has 30 heavy (non-hydrogen) atoms. The van der Waals surface area contributed by atoms with E-state index in [1.165, 1.54) is 30.0 Å². The summed E-state index contributed by atoms with van der Waals surface area (Å²) in [5.41, 5.74) is 1.20. The maximum absolute atomic E-state index is 12.3. The Kier molecular flexibility index (Phi) is 7.11. The number of aromatic nitrogens is 3. The van der Waals surface area contributed by atoms with Gasteiger partial charge in [0.1, 0.15) is 17.3 Å². The zero-order chi connectivity index (χ0) is 21.7. The molecule has 3 rings (SSSR count). The van der Waals surface area contributed by atoms with Crippen molar-refractivity contribution in [1.82, 2.24) is 14.8 Å². The summed E-state index contributed by atoms with van der Waals surface area (Å²) in [6.45, 7) is -1.17. The molecule has 1 N–H and O–H groups in total. The molecule has 0 unspecified atom stereocenters. The highest BCUT2D eigenvalue weighted by Gasteiger charge is 2.15. The van der Waals surface area contributed by atoms with Crippen LogP contribution in [0.1, 0.15) is 5.82 Å². The minimum atomic E-state index is -2.98. The van der Waals surface area contributed by atoms with Gasteiger partial charge in [-0.2, -0.15) is 8.78 Å². The van der Waals surface area contributed by atoms with Gasteiger partial charge in [-0.05, 0) is 49.4 Å². The van der Waals surface area contributed by atoms with Gasteiger partial charge in [0.15, 0.2) is 5.16 Å². The molecule has 11 heteroatoms. The predicted octanol–water partition coefficient (Wildman–Crippen LogP) is 4.57. The quantitative estimate of drug-likeness (QED) is 0.502. The van der Waals surface area contributed by atoms with Crippen LogP contribution in [0.5, 0.6) is 11.5 Å². The molecule has 0 spiro atoms. The molecule has 1 aromatic heterocycles. The Morgan fingerprint density at radius 3 is 2.60 bits per heavy atom. The number of hydrogen-bond donors (Lipinski definition) is 1. The molecular formula is C19H17ClF2N4O3S. The monoisotopic (exact) mass is 454 g/mol. The first-order chi connectivity index (χ1) is 14.4. The number of carbonyl (C=O) groups excluding carboxylic acids is 1. The summed E-state index contributed by atoms with van der Waals surface area (Å²) < 4.78 is 35.9. The average Bonchev–Trinajstić information content (AvgIpc) is 3.08. The maximum atomic E-state index is 12.3. The summed E-state index contributed by atoms with van der Waals surface area (Å²) in [6, 6.07) is 11.4. The number of nitrogens with one attached hydrogen (secondary N) is 1. The molecule has 0 aliphatic rings. The number of hydrogen-bond acceptors (Lipinski definition) is 6. The van der Waals surface area contributed by atoms with E-state index in [2.05, 4.69) is 20.3 Å². The third-order valence-corrected chi connectivity index (χ3v) is 5.11. The third kappa shape index (κ3) is 5.39. The van der Waals surface area contributed by atoms with Crippen LogP contribution in [0.15, 0.2) is 47.6 Å². The van der Waals surface area contributed by atoms with Gasteiger partial charge in [0, 0.05) is 11.4 Å². The molecule has 0 atom stereocenters. The first-order valence-electron chi connectivity index (χ1n) is 8.61. The first-order valence-corrected chi connectivity index (χ1v) is 9.97. The number of rotatable bonds is 8. The van der Waals surface area contributed by atoms with Crippen LogP contribution in [0.3, 0.4) is 0 Å². The van der Waals surface area contributed by atoms with Gasteiger partial charge >= 0.3 is 6.61 Å². The zero-order valence-corrected chi connectivity index (χ0v) is 17.5. The molecule has 0 bridgehead atoms. The molecule has 2 aromatic carbocycles. The largest absolute Gasteiger partial charge is 0.497 e. The van der Waals surface area contributed by atoms with Crippen molar-refractivity contribution in [3.63, 3.8) is 0 Å². The van der Waals surface area contributed by atoms with Crippen molar-refractivity contribution in [2.45, 2.75) is 18.7 Å². The van der Waals surface area contributed by atoms with E-state index >= 15 is 0 Å². The molecule has 158 valence electrons. The molecular weight excluding hydrogens is 438 g/mol. The van der Waals surface area contributed by atoms with Gasteiger partial charge in [0.05, 0.1) is 17.9 Å². The summed E-state index contributed by atoms with van der Waals surface area (Å²) >= 11 is 7.10. The van der Waals surface area contributed by atoms with E-state index in [4.69, 9.17) is 16.3 Å². The lowest BCUT2D eigenvalue weighted by Crippen LogP contribution is -2.14. The maximum Gasteiger partial charge on any atom is 0.387 e. The minimum Gasteiger partial charge on any atom is -0.497 e. The van der Waals surface area contributed by atoms with Crippen LogP contribution in [0.2, 0.25) is 5.02 Å². The van der Waals surface area contributed by atoms with Crippen LogP contribution >= 0.6 is 23.4 Å². The lowest BCUT2D eigenvalue weighted by molar-refractivity contribution is -0.113. The van der Waals surface area contributed by atoms with Crippen LogP contribution in [0.25, 0.3) is 5.69 Å². The molecule has 1 amide bonds. The predicted molar refractivity (Wildman–Crippen MR) is 110 cm³/mol. The number of methoxy groups -OCH3 is 1. The van der Waals surface area contributed by atoms with Gasteiger partial charge < -0.3 is 14.8 Å². The van der Waals surface area contributed by atoms with E-state index in [0.717, 1.165) is 11.4 Å². The number of ether oxygens (including phenoxy) is 2. The molecule has 1 heterocycles. The van der Waals surface area contributed by atoms with E-state index in [1.807, 2.05) is 35.8 Å². The summed E-state index contributed by atoms with van der Waals surface area (Å²) in [7, 11) is 1.59. The lowest BCUT2D eigenvalue weighted by atomic mass is 10.3. The number of thioether (sulfide) groups is 1. The fourth-order valence-corrected chi connectivity index (χ4v) is 3.58. The number of nitrogens with zero attached hydrogens (tertiary/aromatic N) is 3. The number of carbonyl (C=O) groups is 1. The van der Waals surface area contributed by atoms with E-state index in [-0.39, 0.29) is 22.4 Å². The number of aryl methyl sites for hydroxylation is 1. The SMILES string of the molecule is COc1ccc(-n2c(C)nnc2SCC(=O)Nc2ccc(OC(F)F)c(Cl)c2)cc1. The van der Waals surface area contributed by atoms with E-state index in [9.17, 15) is 13.6 Å². The van der Waals surface area contributed by atoms with Gasteiger partial charge in [-0.25, -0.2) is 0 Å². The van der Waals surface area contributed by atoms with Gasteiger partial charge in [0.2, 0.25) is 5.91 Å². The lowest BCUT2D eigenvalue weighted by Gasteiger charge is -2.10. The number of anilines is 1. The van der Waals surface area contributed by atoms with Crippen molar-refractivity contribution in [1.29, 1.82) is 0 Å². The normalized spacial score (nSPS) is 10.9. The molecule has 3 aromatic rings. The highest BCUT2D eigenvalue weighted by atomic mass is 35.5. The Labute approximate surface area is 180 Å². The van der Waals surface area contributed by atoms with Crippen molar-refractivity contribution >= 4 is 35.0 Å². The second-order valence-corrected chi connectivity index (χ2v) is 7.27. The van der Waals surface area contributed by atoms with Gasteiger partial charge in [-0.3, -0.25) is 9.36 Å². The Hall–Kier alpha value is -2.85. The molecule has 7 nitrogen and oxygen atoms in total. The fraction of sp³-hybridized carbons (Fsp3) is 0.211. The molecule has 0 radical (unpaired) electrons. The second kappa shape index (κ2) is 9.77. The van der Waals surface area contributed by atoms with Gasteiger partial charge in [0.25, 0.3) is 0 Å². The van der Waals surface area contributed by atoms with Crippen molar-refractivity contribution in [2.75, 3.05) is 18.2 Å². The number of amides is 1. The van der Waals surface area contributed by atoms with E-state index in [0.29, 0.717) is 16.7 Å². The van der Waals surface area contributed by atoms with Crippen LogP contribution in [0.4, 0.5) is 14.5 Å². The number of benzene rings is 2. The number of alkyl halides is 2. The van der Waals surface area contributed by atoms with Crippen molar-refractivity contribution in [2.24, 2.45) is 0 Å². The molecule has 0 saturated carbocycles. The van der Waals surface area contributed by atoms with Gasteiger partial charge in [-0.15, -0.1) is 10.2 Å². The fourth-order valence-electron chi connectivity index (χ4n) is 2.56. The van der Waals surface area contributed by atoms with Crippen LogP contribution in [-0.4, -0.2) is 40.1 Å².